The molecule has 0 spiro atoms. The van der Waals surface area contributed by atoms with Gasteiger partial charge in [-0.15, -0.1) is 0 Å². The highest BCUT2D eigenvalue weighted by Gasteiger charge is 2.26. The van der Waals surface area contributed by atoms with Crippen molar-refractivity contribution in [2.24, 2.45) is 0 Å². The molecule has 0 aliphatic carbocycles. The van der Waals surface area contributed by atoms with Crippen molar-refractivity contribution in [2.75, 3.05) is 24.6 Å². The molecule has 1 atom stereocenters. The molecular weight excluding hydrogens is 298 g/mol. The van der Waals surface area contributed by atoms with Crippen LogP contribution in [0.1, 0.15) is 18.8 Å². The molecule has 0 radical (unpaired) electrons. The van der Waals surface area contributed by atoms with Crippen molar-refractivity contribution in [1.82, 2.24) is 14.5 Å². The van der Waals surface area contributed by atoms with Crippen LogP contribution in [-0.4, -0.2) is 45.0 Å². The summed E-state index contributed by atoms with van der Waals surface area (Å²) >= 11 is 1.86. The van der Waals surface area contributed by atoms with Gasteiger partial charge in [0.2, 0.25) is 5.91 Å². The Bertz CT molecular complexity index is 766. The van der Waals surface area contributed by atoms with Gasteiger partial charge in [-0.1, -0.05) is 12.1 Å². The summed E-state index contributed by atoms with van der Waals surface area (Å²) in [5, 5.41) is 0.557. The summed E-state index contributed by atoms with van der Waals surface area (Å²) in [7, 11) is 0. The SMILES string of the molecule is Cc1nc2ccccc2c(=O)n1[C@H](C)C(=O)N1CCSCC1. The number of hydrogen-bond acceptors (Lipinski definition) is 4. The molecule has 1 saturated heterocycles. The molecule has 1 aliphatic heterocycles. The Hall–Kier alpha value is -1.82. The highest BCUT2D eigenvalue weighted by molar-refractivity contribution is 7.99. The smallest absolute Gasteiger partial charge is 0.262 e. The average Bonchev–Trinajstić information content (AvgIpc) is 2.55. The van der Waals surface area contributed by atoms with E-state index < -0.39 is 6.04 Å². The Morgan fingerprint density at radius 1 is 1.27 bits per heavy atom. The second-order valence-corrected chi connectivity index (χ2v) is 6.69. The molecule has 5 nitrogen and oxygen atoms in total. The lowest BCUT2D eigenvalue weighted by molar-refractivity contribution is -0.134. The molecule has 6 heteroatoms. The van der Waals surface area contributed by atoms with Crippen molar-refractivity contribution in [3.8, 4) is 0 Å². The minimum atomic E-state index is -0.521. The van der Waals surface area contributed by atoms with Crippen LogP contribution >= 0.6 is 11.8 Å². The van der Waals surface area contributed by atoms with Crippen LogP contribution in [0.25, 0.3) is 10.9 Å². The molecule has 1 amide bonds. The van der Waals surface area contributed by atoms with E-state index >= 15 is 0 Å². The highest BCUT2D eigenvalue weighted by atomic mass is 32.2. The van der Waals surface area contributed by atoms with Gasteiger partial charge in [0.1, 0.15) is 11.9 Å². The average molecular weight is 317 g/mol. The molecular formula is C16H19N3O2S. The number of carbonyl (C=O) groups excluding carboxylic acids is 1. The lowest BCUT2D eigenvalue weighted by Gasteiger charge is -2.30. The van der Waals surface area contributed by atoms with E-state index in [-0.39, 0.29) is 11.5 Å². The minimum Gasteiger partial charge on any atom is -0.339 e. The molecule has 3 rings (SSSR count). The number of para-hydroxylation sites is 1. The number of amides is 1. The zero-order valence-electron chi connectivity index (χ0n) is 12.8. The molecule has 1 aromatic heterocycles. The summed E-state index contributed by atoms with van der Waals surface area (Å²) in [6.07, 6.45) is 0. The summed E-state index contributed by atoms with van der Waals surface area (Å²) in [6, 6.07) is 6.74. The first-order valence-electron chi connectivity index (χ1n) is 7.44. The van der Waals surface area contributed by atoms with E-state index in [1.165, 1.54) is 4.57 Å². The molecule has 1 aromatic carbocycles. The predicted octanol–water partition coefficient (Wildman–Crippen LogP) is 1.84. The summed E-state index contributed by atoms with van der Waals surface area (Å²) in [6.45, 7) is 5.07. The van der Waals surface area contributed by atoms with E-state index in [0.717, 1.165) is 24.6 Å². The van der Waals surface area contributed by atoms with E-state index in [9.17, 15) is 9.59 Å². The molecule has 0 unspecified atom stereocenters. The quantitative estimate of drug-likeness (QED) is 0.848. The summed E-state index contributed by atoms with van der Waals surface area (Å²) in [5.41, 5.74) is 0.533. The number of fused-ring (bicyclic) bond motifs is 1. The van der Waals surface area contributed by atoms with E-state index in [1.54, 1.807) is 19.9 Å². The monoisotopic (exact) mass is 317 g/mol. The Morgan fingerprint density at radius 3 is 2.68 bits per heavy atom. The van der Waals surface area contributed by atoms with Gasteiger partial charge < -0.3 is 4.90 Å². The number of nitrogens with zero attached hydrogens (tertiary/aromatic N) is 3. The van der Waals surface area contributed by atoms with E-state index in [2.05, 4.69) is 4.98 Å². The number of carbonyl (C=O) groups is 1. The van der Waals surface area contributed by atoms with Crippen molar-refractivity contribution in [3.05, 3.63) is 40.4 Å². The van der Waals surface area contributed by atoms with Gasteiger partial charge in [0, 0.05) is 24.6 Å². The number of hydrogen-bond donors (Lipinski definition) is 0. The maximum Gasteiger partial charge on any atom is 0.262 e. The van der Waals surface area contributed by atoms with Crippen molar-refractivity contribution in [3.63, 3.8) is 0 Å². The van der Waals surface area contributed by atoms with Gasteiger partial charge in [0.15, 0.2) is 0 Å². The topological polar surface area (TPSA) is 55.2 Å². The summed E-state index contributed by atoms with van der Waals surface area (Å²) in [4.78, 5) is 31.7. The Labute approximate surface area is 133 Å². The molecule has 2 aromatic rings. The number of rotatable bonds is 2. The Balaban J connectivity index is 2.01. The van der Waals surface area contributed by atoms with Crippen LogP contribution in [0.2, 0.25) is 0 Å². The second-order valence-electron chi connectivity index (χ2n) is 5.46. The molecule has 0 N–H and O–H groups in total. The maximum absolute atomic E-state index is 12.7. The molecule has 22 heavy (non-hydrogen) atoms. The summed E-state index contributed by atoms with van der Waals surface area (Å²) in [5.74, 6) is 2.50. The van der Waals surface area contributed by atoms with E-state index in [1.807, 2.05) is 34.9 Å². The molecule has 0 saturated carbocycles. The van der Waals surface area contributed by atoms with Crippen LogP contribution in [0.4, 0.5) is 0 Å². The largest absolute Gasteiger partial charge is 0.339 e. The fourth-order valence-corrected chi connectivity index (χ4v) is 3.77. The molecule has 116 valence electrons. The fourth-order valence-electron chi connectivity index (χ4n) is 2.87. The number of thioether (sulfide) groups is 1. The zero-order valence-corrected chi connectivity index (χ0v) is 13.6. The molecule has 1 fully saturated rings. The standard InChI is InChI=1S/C16H19N3O2S/c1-11(15(20)18-7-9-22-10-8-18)19-12(2)17-14-6-4-3-5-13(14)16(19)21/h3-6,11H,7-10H2,1-2H3/t11-/m1/s1. The van der Waals surface area contributed by atoms with Crippen molar-refractivity contribution >= 4 is 28.6 Å². The normalized spacial score (nSPS) is 16.7. The van der Waals surface area contributed by atoms with Gasteiger partial charge in [-0.2, -0.15) is 11.8 Å². The van der Waals surface area contributed by atoms with E-state index in [0.29, 0.717) is 16.7 Å². The number of benzene rings is 1. The molecule has 2 heterocycles. The van der Waals surface area contributed by atoms with Crippen LogP contribution in [-0.2, 0) is 4.79 Å². The third-order valence-corrected chi connectivity index (χ3v) is 4.99. The van der Waals surface area contributed by atoms with Gasteiger partial charge in [0.25, 0.3) is 5.56 Å². The van der Waals surface area contributed by atoms with Gasteiger partial charge in [-0.25, -0.2) is 4.98 Å². The van der Waals surface area contributed by atoms with Crippen LogP contribution in [0.15, 0.2) is 29.1 Å². The minimum absolute atomic E-state index is 0.00239. The van der Waals surface area contributed by atoms with Crippen LogP contribution in [0.3, 0.4) is 0 Å². The lowest BCUT2D eigenvalue weighted by Crippen LogP contribution is -2.44. The third-order valence-electron chi connectivity index (χ3n) is 4.05. The number of aromatic nitrogens is 2. The Morgan fingerprint density at radius 2 is 1.95 bits per heavy atom. The van der Waals surface area contributed by atoms with Gasteiger partial charge in [-0.3, -0.25) is 14.2 Å². The lowest BCUT2D eigenvalue weighted by atomic mass is 10.2. The van der Waals surface area contributed by atoms with Gasteiger partial charge >= 0.3 is 0 Å². The van der Waals surface area contributed by atoms with E-state index in [4.69, 9.17) is 0 Å². The predicted molar refractivity (Wildman–Crippen MR) is 89.4 cm³/mol. The van der Waals surface area contributed by atoms with Crippen molar-refractivity contribution in [2.45, 2.75) is 19.9 Å². The highest BCUT2D eigenvalue weighted by Crippen LogP contribution is 2.17. The first kappa shape index (κ1) is 15.1. The first-order valence-corrected chi connectivity index (χ1v) is 8.59. The van der Waals surface area contributed by atoms with Crippen molar-refractivity contribution in [1.29, 1.82) is 0 Å². The molecule has 0 bridgehead atoms. The van der Waals surface area contributed by atoms with Crippen LogP contribution in [0.5, 0.6) is 0 Å². The third kappa shape index (κ3) is 2.63. The maximum atomic E-state index is 12.7. The fraction of sp³-hybridized carbons (Fsp3) is 0.438. The first-order chi connectivity index (χ1) is 10.6. The number of aryl methyl sites for hydroxylation is 1. The molecule has 1 aliphatic rings. The zero-order chi connectivity index (χ0) is 15.7. The van der Waals surface area contributed by atoms with Gasteiger partial charge in [-0.05, 0) is 26.0 Å². The second kappa shape index (κ2) is 6.12. The summed E-state index contributed by atoms with van der Waals surface area (Å²) < 4.78 is 1.52. The van der Waals surface area contributed by atoms with Crippen molar-refractivity contribution < 1.29 is 4.79 Å². The Kier molecular flexibility index (Phi) is 4.20. The van der Waals surface area contributed by atoms with Crippen LogP contribution < -0.4 is 5.56 Å². The van der Waals surface area contributed by atoms with Gasteiger partial charge in [0.05, 0.1) is 10.9 Å². The van der Waals surface area contributed by atoms with Crippen LogP contribution in [0, 0.1) is 6.92 Å².